The minimum atomic E-state index is -0.744. The van der Waals surface area contributed by atoms with Gasteiger partial charge in [-0.3, -0.25) is 4.79 Å². The van der Waals surface area contributed by atoms with Crippen molar-refractivity contribution < 1.29 is 14.6 Å². The maximum atomic E-state index is 11.1. The molecule has 1 unspecified atom stereocenters. The van der Waals surface area contributed by atoms with E-state index >= 15 is 0 Å². The van der Waals surface area contributed by atoms with Crippen molar-refractivity contribution in [1.82, 2.24) is 14.8 Å². The van der Waals surface area contributed by atoms with Crippen LogP contribution in [-0.4, -0.2) is 38.6 Å². The Balaban J connectivity index is 2.21. The van der Waals surface area contributed by atoms with Gasteiger partial charge in [-0.05, 0) is 20.3 Å². The second-order valence-corrected chi connectivity index (χ2v) is 5.36. The van der Waals surface area contributed by atoms with Crippen molar-refractivity contribution in [3.05, 3.63) is 11.6 Å². The minimum absolute atomic E-state index is 0.319. The number of aliphatic carboxylic acids is 1. The van der Waals surface area contributed by atoms with Crippen molar-refractivity contribution in [2.45, 2.75) is 45.3 Å². The number of fused-ring (bicyclic) bond motifs is 1. The lowest BCUT2D eigenvalue weighted by atomic mass is 9.98. The number of aromatic nitrogens is 3. The van der Waals surface area contributed by atoms with Crippen LogP contribution in [0.1, 0.15) is 31.9 Å². The van der Waals surface area contributed by atoms with Crippen LogP contribution >= 0.6 is 0 Å². The average molecular weight is 253 g/mol. The van der Waals surface area contributed by atoms with E-state index in [0.29, 0.717) is 25.8 Å². The van der Waals surface area contributed by atoms with E-state index in [1.54, 1.807) is 7.11 Å². The molecule has 0 radical (unpaired) electrons. The number of rotatable bonds is 4. The Morgan fingerprint density at radius 1 is 1.56 bits per heavy atom. The third-order valence-electron chi connectivity index (χ3n) is 3.51. The summed E-state index contributed by atoms with van der Waals surface area (Å²) < 4.78 is 7.31. The summed E-state index contributed by atoms with van der Waals surface area (Å²) in [5.41, 5.74) is -0.319. The van der Waals surface area contributed by atoms with Crippen LogP contribution in [0.3, 0.4) is 0 Å². The number of methoxy groups -OCH3 is 1. The van der Waals surface area contributed by atoms with E-state index in [9.17, 15) is 4.79 Å². The van der Waals surface area contributed by atoms with Crippen LogP contribution in [0, 0.1) is 5.92 Å². The summed E-state index contributed by atoms with van der Waals surface area (Å²) >= 11 is 0. The Kier molecular flexibility index (Phi) is 3.38. The van der Waals surface area contributed by atoms with Gasteiger partial charge in [0.15, 0.2) is 0 Å². The smallest absolute Gasteiger partial charge is 0.308 e. The highest BCUT2D eigenvalue weighted by Crippen LogP contribution is 2.23. The normalized spacial score (nSPS) is 19.6. The van der Waals surface area contributed by atoms with Crippen molar-refractivity contribution in [3.8, 4) is 0 Å². The highest BCUT2D eigenvalue weighted by Gasteiger charge is 2.29. The fourth-order valence-corrected chi connectivity index (χ4v) is 2.17. The topological polar surface area (TPSA) is 77.2 Å². The number of carboxylic acid groups (broad SMARTS) is 1. The number of aryl methyl sites for hydroxylation is 1. The fourth-order valence-electron chi connectivity index (χ4n) is 2.17. The third kappa shape index (κ3) is 2.53. The van der Waals surface area contributed by atoms with Gasteiger partial charge >= 0.3 is 5.97 Å². The van der Waals surface area contributed by atoms with E-state index in [0.717, 1.165) is 11.6 Å². The maximum absolute atomic E-state index is 11.1. The van der Waals surface area contributed by atoms with Gasteiger partial charge in [0.1, 0.15) is 11.6 Å². The predicted octanol–water partition coefficient (Wildman–Crippen LogP) is 0.893. The monoisotopic (exact) mass is 253 g/mol. The minimum Gasteiger partial charge on any atom is -0.481 e. The van der Waals surface area contributed by atoms with Crippen molar-refractivity contribution in [2.75, 3.05) is 7.11 Å². The molecule has 0 aliphatic carbocycles. The van der Waals surface area contributed by atoms with Crippen molar-refractivity contribution in [3.63, 3.8) is 0 Å². The first-order valence-corrected chi connectivity index (χ1v) is 6.12. The van der Waals surface area contributed by atoms with Gasteiger partial charge in [0.2, 0.25) is 0 Å². The molecular weight excluding hydrogens is 234 g/mol. The molecule has 1 N–H and O–H groups in total. The number of hydrogen-bond acceptors (Lipinski definition) is 4. The lowest BCUT2D eigenvalue weighted by molar-refractivity contribution is -0.142. The first kappa shape index (κ1) is 13.0. The van der Waals surface area contributed by atoms with Crippen LogP contribution < -0.4 is 0 Å². The number of nitrogens with zero attached hydrogens (tertiary/aromatic N) is 3. The molecular formula is C12H19N3O3. The summed E-state index contributed by atoms with van der Waals surface area (Å²) in [4.78, 5) is 11.1. The third-order valence-corrected chi connectivity index (χ3v) is 3.51. The Morgan fingerprint density at radius 2 is 2.28 bits per heavy atom. The first-order chi connectivity index (χ1) is 8.43. The van der Waals surface area contributed by atoms with Crippen LogP contribution in [0.5, 0.6) is 0 Å². The molecule has 0 saturated heterocycles. The molecule has 0 bridgehead atoms. The van der Waals surface area contributed by atoms with Gasteiger partial charge in [0.05, 0.1) is 11.5 Å². The zero-order valence-corrected chi connectivity index (χ0v) is 11.0. The lowest BCUT2D eigenvalue weighted by Crippen LogP contribution is -2.31. The maximum Gasteiger partial charge on any atom is 0.308 e. The summed E-state index contributed by atoms with van der Waals surface area (Å²) in [6.07, 6.45) is 1.95. The summed E-state index contributed by atoms with van der Waals surface area (Å²) in [5.74, 6) is 0.612. The molecule has 0 spiro atoms. The molecule has 0 fully saturated rings. The van der Waals surface area contributed by atoms with Gasteiger partial charge in [-0.1, -0.05) is 0 Å². The van der Waals surface area contributed by atoms with Gasteiger partial charge in [-0.2, -0.15) is 0 Å². The van der Waals surface area contributed by atoms with Crippen LogP contribution in [0.2, 0.25) is 0 Å². The standard InChI is InChI=1S/C12H19N3O3/c1-12(2,18-3)6-10-14-13-9-5-4-8(11(16)17)7-15(9)10/h8H,4-7H2,1-3H3,(H,16,17). The van der Waals surface area contributed by atoms with Crippen LogP contribution in [0.25, 0.3) is 0 Å². The van der Waals surface area contributed by atoms with Crippen LogP contribution in [0.4, 0.5) is 0 Å². The quantitative estimate of drug-likeness (QED) is 0.862. The molecule has 6 nitrogen and oxygen atoms in total. The first-order valence-electron chi connectivity index (χ1n) is 6.12. The van der Waals surface area contributed by atoms with E-state index < -0.39 is 5.97 Å². The number of ether oxygens (including phenoxy) is 1. The zero-order chi connectivity index (χ0) is 13.3. The van der Waals surface area contributed by atoms with Gasteiger partial charge in [-0.25, -0.2) is 0 Å². The summed E-state index contributed by atoms with van der Waals surface area (Å²) in [6.45, 7) is 4.42. The molecule has 2 rings (SSSR count). The van der Waals surface area contributed by atoms with Crippen molar-refractivity contribution in [1.29, 1.82) is 0 Å². The molecule has 100 valence electrons. The Hall–Kier alpha value is -1.43. The number of carboxylic acids is 1. The molecule has 1 aliphatic rings. The second-order valence-electron chi connectivity index (χ2n) is 5.36. The Bertz CT molecular complexity index is 453. The van der Waals surface area contributed by atoms with Gasteiger partial charge in [0, 0.05) is 26.5 Å². The molecule has 1 atom stereocenters. The van der Waals surface area contributed by atoms with Crippen molar-refractivity contribution >= 4 is 5.97 Å². The number of carbonyl (C=O) groups is 1. The molecule has 1 aromatic rings. The summed E-state index contributed by atoms with van der Waals surface area (Å²) in [7, 11) is 1.66. The fraction of sp³-hybridized carbons (Fsp3) is 0.750. The Morgan fingerprint density at radius 3 is 2.89 bits per heavy atom. The largest absolute Gasteiger partial charge is 0.481 e. The van der Waals surface area contributed by atoms with Gasteiger partial charge in [-0.15, -0.1) is 10.2 Å². The summed E-state index contributed by atoms with van der Waals surface area (Å²) in [6, 6.07) is 0. The molecule has 6 heteroatoms. The zero-order valence-electron chi connectivity index (χ0n) is 11.0. The molecule has 1 aliphatic heterocycles. The van der Waals surface area contributed by atoms with Crippen molar-refractivity contribution in [2.24, 2.45) is 5.92 Å². The van der Waals surface area contributed by atoms with E-state index in [2.05, 4.69) is 10.2 Å². The lowest BCUT2D eigenvalue weighted by Gasteiger charge is -2.25. The van der Waals surface area contributed by atoms with E-state index in [1.165, 1.54) is 0 Å². The predicted molar refractivity (Wildman–Crippen MR) is 64.3 cm³/mol. The Labute approximate surface area is 106 Å². The van der Waals surface area contributed by atoms with Gasteiger partial charge < -0.3 is 14.4 Å². The number of hydrogen-bond donors (Lipinski definition) is 1. The van der Waals surface area contributed by atoms with Crippen LogP contribution in [-0.2, 0) is 28.9 Å². The van der Waals surface area contributed by atoms with E-state index in [1.807, 2.05) is 18.4 Å². The molecule has 1 aromatic heterocycles. The molecule has 2 heterocycles. The average Bonchev–Trinajstić information content (AvgIpc) is 2.71. The second kappa shape index (κ2) is 4.68. The van der Waals surface area contributed by atoms with E-state index in [4.69, 9.17) is 9.84 Å². The molecule has 0 aromatic carbocycles. The molecule has 0 amide bonds. The van der Waals surface area contributed by atoms with Gasteiger partial charge in [0.25, 0.3) is 0 Å². The summed E-state index contributed by atoms with van der Waals surface area (Å²) in [5, 5.41) is 17.4. The highest BCUT2D eigenvalue weighted by atomic mass is 16.5. The molecule has 0 saturated carbocycles. The highest BCUT2D eigenvalue weighted by molar-refractivity contribution is 5.70. The van der Waals surface area contributed by atoms with Crippen LogP contribution in [0.15, 0.2) is 0 Å². The van der Waals surface area contributed by atoms with E-state index in [-0.39, 0.29) is 11.5 Å². The SMILES string of the molecule is COC(C)(C)Cc1nnc2n1CC(C(=O)O)CC2. The molecule has 18 heavy (non-hydrogen) atoms.